The molecule has 0 aliphatic carbocycles. The molecule has 0 atom stereocenters. The van der Waals surface area contributed by atoms with Gasteiger partial charge in [0.15, 0.2) is 16.5 Å². The Morgan fingerprint density at radius 3 is 2.05 bits per heavy atom. The minimum atomic E-state index is 0.587. The van der Waals surface area contributed by atoms with E-state index in [4.69, 9.17) is 0 Å². The fourth-order valence-electron chi connectivity index (χ4n) is 1.37. The average Bonchev–Trinajstić information content (AvgIpc) is 2.58. The summed E-state index contributed by atoms with van der Waals surface area (Å²) in [5, 5.41) is 4.22. The summed E-state index contributed by atoms with van der Waals surface area (Å²) in [6.07, 6.45) is 5.32. The van der Waals surface area contributed by atoms with Crippen LogP contribution in [0.2, 0.25) is 0 Å². The molecular formula is C13H12ClN4NiS2. The van der Waals surface area contributed by atoms with Gasteiger partial charge in [0.25, 0.3) is 0 Å². The van der Waals surface area contributed by atoms with Crippen LogP contribution in [0.4, 0.5) is 0 Å². The number of rotatable bonds is 3. The molecule has 2 aromatic heterocycles. The normalized spacial score (nSPS) is 9.14. The summed E-state index contributed by atoms with van der Waals surface area (Å²) in [5.41, 5.74) is 6.13. The summed E-state index contributed by atoms with van der Waals surface area (Å²) in [4.78, 5) is 8.57. The molecule has 0 saturated heterocycles. The molecule has 21 heavy (non-hydrogen) atoms. The second-order valence-electron chi connectivity index (χ2n) is 3.47. The Labute approximate surface area is 145 Å². The molecule has 0 aliphatic heterocycles. The average molecular weight is 383 g/mol. The Hall–Kier alpha value is -1.01. The molecule has 0 amide bonds. The number of thiol groups is 1. The number of aromatic nitrogens is 2. The van der Waals surface area contributed by atoms with Crippen molar-refractivity contribution in [1.29, 1.82) is 0 Å². The van der Waals surface area contributed by atoms with E-state index in [1.165, 1.54) is 11.8 Å². The topological polar surface area (TPSA) is 52.2 Å². The SMILES string of the molecule is CSC(=[SH+])[N-]N=C(c1ccccn1)c1ccccn1.[Cl][Ni]. The van der Waals surface area contributed by atoms with E-state index in [1.54, 1.807) is 12.4 Å². The van der Waals surface area contributed by atoms with Gasteiger partial charge in [-0.05, 0) is 30.5 Å². The molecular weight excluding hydrogens is 370 g/mol. The quantitative estimate of drug-likeness (QED) is 0.205. The molecule has 0 radical (unpaired) electrons. The van der Waals surface area contributed by atoms with Crippen LogP contribution in [0.15, 0.2) is 53.9 Å². The Morgan fingerprint density at radius 1 is 1.14 bits per heavy atom. The second-order valence-corrected chi connectivity index (χ2v) is 4.99. The third kappa shape index (κ3) is 6.10. The van der Waals surface area contributed by atoms with E-state index < -0.39 is 0 Å². The molecule has 2 rings (SSSR count). The van der Waals surface area contributed by atoms with Crippen molar-refractivity contribution in [3.8, 4) is 0 Å². The van der Waals surface area contributed by atoms with Crippen LogP contribution in [-0.2, 0) is 26.8 Å². The zero-order chi connectivity index (χ0) is 15.5. The van der Waals surface area contributed by atoms with E-state index >= 15 is 0 Å². The van der Waals surface area contributed by atoms with E-state index in [9.17, 15) is 0 Å². The number of hydrogen-bond donors (Lipinski definition) is 0. The van der Waals surface area contributed by atoms with Gasteiger partial charge in [-0.1, -0.05) is 23.9 Å². The Morgan fingerprint density at radius 2 is 1.67 bits per heavy atom. The summed E-state index contributed by atoms with van der Waals surface area (Å²) >= 11 is 8.97. The van der Waals surface area contributed by atoms with Crippen molar-refractivity contribution in [3.63, 3.8) is 0 Å². The Kier molecular flexibility index (Phi) is 9.18. The van der Waals surface area contributed by atoms with Gasteiger partial charge in [-0.15, -0.1) is 0 Å². The van der Waals surface area contributed by atoms with E-state index in [0.717, 1.165) is 11.4 Å². The number of pyridine rings is 2. The van der Waals surface area contributed by atoms with Crippen LogP contribution in [0.1, 0.15) is 11.4 Å². The van der Waals surface area contributed by atoms with Crippen LogP contribution >= 0.6 is 22.0 Å². The minimum absolute atomic E-state index is 0.587. The summed E-state index contributed by atoms with van der Waals surface area (Å²) < 4.78 is 0.587. The predicted octanol–water partition coefficient (Wildman–Crippen LogP) is 3.02. The van der Waals surface area contributed by atoms with Crippen molar-refractivity contribution < 1.29 is 14.6 Å². The van der Waals surface area contributed by atoms with Gasteiger partial charge in [0.05, 0.1) is 17.1 Å². The van der Waals surface area contributed by atoms with Gasteiger partial charge in [-0.3, -0.25) is 9.97 Å². The number of thioether (sulfide) groups is 1. The van der Waals surface area contributed by atoms with Crippen molar-refractivity contribution in [2.75, 3.05) is 6.26 Å². The maximum absolute atomic E-state index is 4.29. The molecule has 0 bridgehead atoms. The van der Waals surface area contributed by atoms with Crippen molar-refractivity contribution >= 4 is 44.2 Å². The summed E-state index contributed by atoms with van der Waals surface area (Å²) in [7, 11) is 4.26. The first-order valence-electron chi connectivity index (χ1n) is 5.64. The second kappa shape index (κ2) is 10.7. The first-order valence-corrected chi connectivity index (χ1v) is 8.67. The van der Waals surface area contributed by atoms with Crippen LogP contribution in [-0.4, -0.2) is 26.3 Å². The molecule has 2 aromatic rings. The van der Waals surface area contributed by atoms with Crippen molar-refractivity contribution in [2.24, 2.45) is 5.10 Å². The molecule has 0 aromatic carbocycles. The van der Waals surface area contributed by atoms with Crippen LogP contribution in [0.3, 0.4) is 0 Å². The zero-order valence-corrected chi connectivity index (χ0v) is 14.4. The molecule has 113 valence electrons. The molecule has 4 nitrogen and oxygen atoms in total. The standard InChI is InChI=1S/C13H12N4S2.ClH.Ni/c1-19-13(18)17-16-12(10-6-2-4-8-14-10)11-7-3-5-9-15-11;;/h2-9H,1H3,(H,14,15,17,18);1H;/q;;+1/p-1. The van der Waals surface area contributed by atoms with Gasteiger partial charge in [0.2, 0.25) is 0 Å². The third-order valence-electron chi connectivity index (χ3n) is 2.23. The third-order valence-corrected chi connectivity index (χ3v) is 3.32. The zero-order valence-electron chi connectivity index (χ0n) is 11.0. The van der Waals surface area contributed by atoms with Gasteiger partial charge in [0.1, 0.15) is 0 Å². The first-order chi connectivity index (χ1) is 10.3. The van der Waals surface area contributed by atoms with Gasteiger partial charge in [-0.25, -0.2) is 0 Å². The van der Waals surface area contributed by atoms with Crippen molar-refractivity contribution in [1.82, 2.24) is 9.97 Å². The molecule has 0 spiro atoms. The maximum atomic E-state index is 4.29. The van der Waals surface area contributed by atoms with Crippen LogP contribution < -0.4 is 0 Å². The van der Waals surface area contributed by atoms with E-state index in [1.807, 2.05) is 42.7 Å². The Bertz CT molecular complexity index is 540. The fraction of sp³-hybridized carbons (Fsp3) is 0.0769. The molecule has 8 heteroatoms. The van der Waals surface area contributed by atoms with Crippen LogP contribution in [0.5, 0.6) is 0 Å². The molecule has 0 fully saturated rings. The van der Waals surface area contributed by atoms with E-state index in [0.29, 0.717) is 10.0 Å². The molecule has 2 heterocycles. The summed E-state index contributed by atoms with van der Waals surface area (Å²) in [5.74, 6) is 0. The monoisotopic (exact) mass is 381 g/mol. The predicted molar refractivity (Wildman–Crippen MR) is 90.6 cm³/mol. The van der Waals surface area contributed by atoms with Gasteiger partial charge in [0, 0.05) is 12.4 Å². The van der Waals surface area contributed by atoms with Gasteiger partial charge >= 0.3 is 24.8 Å². The number of halogens is 1. The molecule has 0 saturated carbocycles. The van der Waals surface area contributed by atoms with Crippen LogP contribution in [0, 0.1) is 0 Å². The van der Waals surface area contributed by atoms with E-state index in [-0.39, 0.29) is 0 Å². The summed E-state index contributed by atoms with van der Waals surface area (Å²) in [6, 6.07) is 11.3. The molecule has 0 unspecified atom stereocenters. The number of hydrogen-bond acceptors (Lipinski definition) is 4. The van der Waals surface area contributed by atoms with Crippen molar-refractivity contribution in [2.45, 2.75) is 0 Å². The van der Waals surface area contributed by atoms with Crippen molar-refractivity contribution in [3.05, 3.63) is 65.6 Å². The number of nitrogens with zero attached hydrogens (tertiary/aromatic N) is 4. The summed E-state index contributed by atoms with van der Waals surface area (Å²) in [6.45, 7) is 0. The van der Waals surface area contributed by atoms with E-state index in [2.05, 4.69) is 57.5 Å². The Balaban J connectivity index is 0.00000106. The van der Waals surface area contributed by atoms with Crippen LogP contribution in [0.25, 0.3) is 5.43 Å². The fourth-order valence-corrected chi connectivity index (χ4v) is 1.54. The molecule has 0 aliphatic rings. The molecule has 0 N–H and O–H groups in total. The van der Waals surface area contributed by atoms with Gasteiger partial charge in [-0.2, -0.15) is 0 Å². The first kappa shape index (κ1) is 18.0. The van der Waals surface area contributed by atoms with Gasteiger partial charge < -0.3 is 10.5 Å².